The second-order valence-electron chi connectivity index (χ2n) is 9.19. The lowest BCUT2D eigenvalue weighted by Gasteiger charge is -2.33. The molecule has 36 heavy (non-hydrogen) atoms. The number of benzene rings is 5. The zero-order valence-corrected chi connectivity index (χ0v) is 19.3. The van der Waals surface area contributed by atoms with Crippen LogP contribution in [0.1, 0.15) is 0 Å². The van der Waals surface area contributed by atoms with Gasteiger partial charge in [0.2, 0.25) is 0 Å². The van der Waals surface area contributed by atoms with Crippen molar-refractivity contribution < 1.29 is 9.47 Å². The Labute approximate surface area is 208 Å². The van der Waals surface area contributed by atoms with E-state index in [0.717, 1.165) is 67.5 Å². The molecule has 5 heteroatoms. The Morgan fingerprint density at radius 1 is 0.583 bits per heavy atom. The molecule has 0 atom stereocenters. The molecule has 0 fully saturated rings. The van der Waals surface area contributed by atoms with Crippen LogP contribution in [0.15, 0.2) is 115 Å². The van der Waals surface area contributed by atoms with Gasteiger partial charge in [-0.05, 0) is 59.5 Å². The minimum atomic E-state index is 0.0619. The Morgan fingerprint density at radius 2 is 1.17 bits per heavy atom. The van der Waals surface area contributed by atoms with Crippen molar-refractivity contribution in [2.75, 3.05) is 0 Å². The molecule has 168 valence electrons. The van der Waals surface area contributed by atoms with E-state index < -0.39 is 0 Å². The normalized spacial score (nSPS) is 12.8. The Bertz CT molecular complexity index is 1740. The lowest BCUT2D eigenvalue weighted by Crippen LogP contribution is -2.57. The number of para-hydroxylation sites is 5. The first-order chi connectivity index (χ1) is 17.8. The average molecular weight is 462 g/mol. The molecule has 0 radical (unpaired) electrons. The third-order valence-corrected chi connectivity index (χ3v) is 7.13. The van der Waals surface area contributed by atoms with Gasteiger partial charge in [-0.1, -0.05) is 66.7 Å². The van der Waals surface area contributed by atoms with Crippen LogP contribution in [0.5, 0.6) is 23.0 Å². The quantitative estimate of drug-likeness (QED) is 0.322. The Kier molecular flexibility index (Phi) is 4.00. The summed E-state index contributed by atoms with van der Waals surface area (Å²) in [6.45, 7) is 0.0619. The molecule has 1 aromatic heterocycles. The maximum atomic E-state index is 6.50. The van der Waals surface area contributed by atoms with E-state index in [2.05, 4.69) is 83.4 Å². The predicted octanol–water partition coefficient (Wildman–Crippen LogP) is 5.42. The molecule has 0 bridgehead atoms. The first-order valence-electron chi connectivity index (χ1n) is 12.1. The molecule has 0 amide bonds. The molecule has 5 aromatic carbocycles. The van der Waals surface area contributed by atoms with Gasteiger partial charge in [0.15, 0.2) is 0 Å². The third kappa shape index (κ3) is 2.74. The predicted molar refractivity (Wildman–Crippen MR) is 144 cm³/mol. The summed E-state index contributed by atoms with van der Waals surface area (Å²) < 4.78 is 15.2. The van der Waals surface area contributed by atoms with Gasteiger partial charge in [0.25, 0.3) is 6.71 Å². The minimum absolute atomic E-state index is 0.0619. The van der Waals surface area contributed by atoms with Crippen molar-refractivity contribution >= 4 is 34.1 Å². The summed E-state index contributed by atoms with van der Waals surface area (Å²) in [5, 5.41) is 0. The van der Waals surface area contributed by atoms with E-state index in [1.165, 1.54) is 0 Å². The summed E-state index contributed by atoms with van der Waals surface area (Å²) >= 11 is 0. The van der Waals surface area contributed by atoms with Crippen molar-refractivity contribution in [3.8, 4) is 40.1 Å². The van der Waals surface area contributed by atoms with Crippen LogP contribution in [0, 0.1) is 0 Å². The van der Waals surface area contributed by atoms with Crippen LogP contribution in [-0.2, 0) is 0 Å². The fourth-order valence-corrected chi connectivity index (χ4v) is 5.58. The zero-order chi connectivity index (χ0) is 23.6. The number of ether oxygens (including phenoxy) is 2. The fraction of sp³-hybridized carbons (Fsp3) is 0. The molecule has 0 spiro atoms. The number of hydrogen-bond acceptors (Lipinski definition) is 3. The molecule has 0 saturated heterocycles. The molecule has 0 aliphatic carbocycles. The highest BCUT2D eigenvalue weighted by Crippen LogP contribution is 2.39. The van der Waals surface area contributed by atoms with Gasteiger partial charge in [0.05, 0.1) is 11.0 Å². The molecule has 8 rings (SSSR count). The Morgan fingerprint density at radius 3 is 1.86 bits per heavy atom. The fourth-order valence-electron chi connectivity index (χ4n) is 5.58. The molecule has 4 nitrogen and oxygen atoms in total. The Hall–Kier alpha value is -4.77. The summed E-state index contributed by atoms with van der Waals surface area (Å²) in [7, 11) is 0. The lowest BCUT2D eigenvalue weighted by atomic mass is 9.35. The van der Waals surface area contributed by atoms with Gasteiger partial charge in [-0.15, -0.1) is 0 Å². The highest BCUT2D eigenvalue weighted by atomic mass is 16.5. The van der Waals surface area contributed by atoms with Crippen molar-refractivity contribution in [1.82, 2.24) is 9.55 Å². The number of rotatable bonds is 2. The highest BCUT2D eigenvalue weighted by Gasteiger charge is 2.40. The maximum Gasteiger partial charge on any atom is 0.260 e. The van der Waals surface area contributed by atoms with Gasteiger partial charge in [-0.2, -0.15) is 0 Å². The van der Waals surface area contributed by atoms with E-state index in [9.17, 15) is 0 Å². The standard InChI is InChI=1S/C31H19BN2O2/c1-2-10-21(11-3-1)34-25-15-7-6-14-24(25)33-31(34)20-18-28-30-29(19-20)36-27-17-9-5-13-23(27)32(30)22-12-4-8-16-26(22)35-28/h1-19H. The number of hydrogen-bond donors (Lipinski definition) is 0. The van der Waals surface area contributed by atoms with E-state index in [1.807, 2.05) is 36.4 Å². The number of aromatic nitrogens is 2. The molecule has 3 heterocycles. The van der Waals surface area contributed by atoms with Gasteiger partial charge < -0.3 is 9.47 Å². The van der Waals surface area contributed by atoms with Crippen molar-refractivity contribution in [3.63, 3.8) is 0 Å². The van der Waals surface area contributed by atoms with Crippen molar-refractivity contribution in [1.29, 1.82) is 0 Å². The molecule has 6 aromatic rings. The molecule has 0 N–H and O–H groups in total. The van der Waals surface area contributed by atoms with E-state index >= 15 is 0 Å². The van der Waals surface area contributed by atoms with Gasteiger partial charge in [-0.25, -0.2) is 4.98 Å². The van der Waals surface area contributed by atoms with E-state index in [-0.39, 0.29) is 6.71 Å². The van der Waals surface area contributed by atoms with Crippen molar-refractivity contribution in [3.05, 3.63) is 115 Å². The van der Waals surface area contributed by atoms with Crippen LogP contribution in [-0.4, -0.2) is 16.3 Å². The summed E-state index contributed by atoms with van der Waals surface area (Å²) in [6.07, 6.45) is 0. The van der Waals surface area contributed by atoms with E-state index in [4.69, 9.17) is 14.5 Å². The second kappa shape index (κ2) is 7.36. The lowest BCUT2D eigenvalue weighted by molar-refractivity contribution is 0.465. The molecule has 2 aliphatic heterocycles. The number of fused-ring (bicyclic) bond motifs is 5. The third-order valence-electron chi connectivity index (χ3n) is 7.13. The second-order valence-corrected chi connectivity index (χ2v) is 9.19. The van der Waals surface area contributed by atoms with Gasteiger partial charge in [0, 0.05) is 16.7 Å². The maximum absolute atomic E-state index is 6.50. The van der Waals surface area contributed by atoms with Gasteiger partial charge >= 0.3 is 0 Å². The average Bonchev–Trinajstić information content (AvgIpc) is 3.33. The molecule has 0 saturated carbocycles. The zero-order valence-electron chi connectivity index (χ0n) is 19.3. The number of imidazole rings is 1. The van der Waals surface area contributed by atoms with Crippen LogP contribution < -0.4 is 25.9 Å². The topological polar surface area (TPSA) is 36.3 Å². The first-order valence-corrected chi connectivity index (χ1v) is 12.1. The Balaban J connectivity index is 1.40. The smallest absolute Gasteiger partial charge is 0.260 e. The van der Waals surface area contributed by atoms with Crippen molar-refractivity contribution in [2.24, 2.45) is 0 Å². The highest BCUT2D eigenvalue weighted by molar-refractivity contribution is 6.98. The summed E-state index contributed by atoms with van der Waals surface area (Å²) in [5.74, 6) is 4.24. The SMILES string of the molecule is c1ccc(-n2c(-c3cc4c5c(c3)Oc3ccccc3B5c3ccccc3O4)nc3ccccc32)cc1. The molecule has 2 aliphatic rings. The van der Waals surface area contributed by atoms with E-state index in [1.54, 1.807) is 0 Å². The van der Waals surface area contributed by atoms with E-state index in [0.29, 0.717) is 0 Å². The van der Waals surface area contributed by atoms with Crippen LogP contribution >= 0.6 is 0 Å². The van der Waals surface area contributed by atoms with Crippen LogP contribution in [0.4, 0.5) is 0 Å². The molecule has 0 unspecified atom stereocenters. The number of nitrogens with zero attached hydrogens (tertiary/aromatic N) is 2. The van der Waals surface area contributed by atoms with Gasteiger partial charge in [0.1, 0.15) is 28.8 Å². The molecular weight excluding hydrogens is 443 g/mol. The van der Waals surface area contributed by atoms with Crippen molar-refractivity contribution in [2.45, 2.75) is 0 Å². The summed E-state index contributed by atoms with van der Waals surface area (Å²) in [5.41, 5.74) is 7.39. The monoisotopic (exact) mass is 462 g/mol. The van der Waals surface area contributed by atoms with Gasteiger partial charge in [-0.3, -0.25) is 4.57 Å². The summed E-state index contributed by atoms with van der Waals surface area (Å²) in [4.78, 5) is 5.06. The minimum Gasteiger partial charge on any atom is -0.458 e. The van der Waals surface area contributed by atoms with Crippen LogP contribution in [0.3, 0.4) is 0 Å². The van der Waals surface area contributed by atoms with Crippen LogP contribution in [0.2, 0.25) is 0 Å². The first kappa shape index (κ1) is 19.5. The van der Waals surface area contributed by atoms with Crippen LogP contribution in [0.25, 0.3) is 28.1 Å². The summed E-state index contributed by atoms with van der Waals surface area (Å²) in [6, 6.07) is 39.4. The largest absolute Gasteiger partial charge is 0.458 e. The molecular formula is C31H19BN2O2.